The van der Waals surface area contributed by atoms with Crippen molar-refractivity contribution < 1.29 is 22.7 Å². The van der Waals surface area contributed by atoms with Crippen molar-refractivity contribution in [3.63, 3.8) is 0 Å². The number of nitrogens with zero attached hydrogens (tertiary/aromatic N) is 3. The van der Waals surface area contributed by atoms with Crippen LogP contribution in [-0.2, 0) is 17.9 Å². The number of ether oxygens (including phenoxy) is 1. The van der Waals surface area contributed by atoms with Gasteiger partial charge >= 0.3 is 6.18 Å². The number of amides is 1. The summed E-state index contributed by atoms with van der Waals surface area (Å²) in [4.78, 5) is 22.0. The minimum absolute atomic E-state index is 0. The molecule has 0 radical (unpaired) electrons. The quantitative estimate of drug-likeness (QED) is 0.282. The van der Waals surface area contributed by atoms with Crippen LogP contribution in [0.3, 0.4) is 0 Å². The highest BCUT2D eigenvalue weighted by Crippen LogP contribution is 2.21. The van der Waals surface area contributed by atoms with Crippen LogP contribution in [0.4, 0.5) is 18.9 Å². The number of nitrogens with one attached hydrogen (secondary N) is 2. The van der Waals surface area contributed by atoms with E-state index in [2.05, 4.69) is 25.3 Å². The summed E-state index contributed by atoms with van der Waals surface area (Å²) in [5.41, 5.74) is 2.69. The number of aliphatic imine (C=N–C) groups is 1. The Morgan fingerprint density at radius 3 is 2.45 bits per heavy atom. The third-order valence-corrected chi connectivity index (χ3v) is 4.73. The minimum atomic E-state index is -4.40. The van der Waals surface area contributed by atoms with Gasteiger partial charge in [0.15, 0.2) is 12.6 Å². The molecule has 2 heterocycles. The predicted molar refractivity (Wildman–Crippen MR) is 131 cm³/mol. The fourth-order valence-corrected chi connectivity index (χ4v) is 3.16. The Bertz CT molecular complexity index is 921. The molecule has 1 aliphatic heterocycles. The Morgan fingerprint density at radius 1 is 1.15 bits per heavy atom. The molecule has 0 spiro atoms. The van der Waals surface area contributed by atoms with Crippen molar-refractivity contribution >= 4 is 41.5 Å². The molecule has 180 valence electrons. The molecule has 3 rings (SSSR count). The number of carbonyl (C=O) groups is 1. The van der Waals surface area contributed by atoms with Crippen LogP contribution in [-0.4, -0.2) is 42.7 Å². The molecule has 11 heteroatoms. The monoisotopic (exact) mass is 577 g/mol. The Labute approximate surface area is 207 Å². The lowest BCUT2D eigenvalue weighted by Crippen LogP contribution is -2.36. The second-order valence-electron chi connectivity index (χ2n) is 7.27. The van der Waals surface area contributed by atoms with Crippen LogP contribution in [0.2, 0.25) is 0 Å². The normalized spacial score (nSPS) is 14.1. The van der Waals surface area contributed by atoms with Gasteiger partial charge in [0.2, 0.25) is 11.8 Å². The van der Waals surface area contributed by atoms with Gasteiger partial charge in [0, 0.05) is 44.0 Å². The molecule has 2 aromatic rings. The topological polar surface area (TPSA) is 78.9 Å². The molecule has 7 nitrogen and oxygen atoms in total. The van der Waals surface area contributed by atoms with Gasteiger partial charge in [-0.3, -0.25) is 4.79 Å². The third-order valence-electron chi connectivity index (χ3n) is 4.73. The number of alkyl halides is 3. The van der Waals surface area contributed by atoms with Crippen LogP contribution in [0.5, 0.6) is 5.88 Å². The zero-order valence-electron chi connectivity index (χ0n) is 18.2. The van der Waals surface area contributed by atoms with E-state index in [1.54, 1.807) is 11.0 Å². The Balaban J connectivity index is 0.00000385. The van der Waals surface area contributed by atoms with E-state index in [4.69, 9.17) is 0 Å². The molecule has 1 fully saturated rings. The van der Waals surface area contributed by atoms with Gasteiger partial charge in [0.05, 0.1) is 6.54 Å². The molecule has 33 heavy (non-hydrogen) atoms. The van der Waals surface area contributed by atoms with Gasteiger partial charge in [-0.15, -0.1) is 24.0 Å². The second-order valence-corrected chi connectivity index (χ2v) is 7.27. The maximum Gasteiger partial charge on any atom is 0.422 e. The van der Waals surface area contributed by atoms with Crippen LogP contribution in [0.15, 0.2) is 47.6 Å². The van der Waals surface area contributed by atoms with E-state index < -0.39 is 12.8 Å². The second kappa shape index (κ2) is 12.6. The van der Waals surface area contributed by atoms with E-state index in [-0.39, 0.29) is 35.8 Å². The van der Waals surface area contributed by atoms with Gasteiger partial charge in [-0.1, -0.05) is 18.2 Å². The molecule has 1 aromatic carbocycles. The van der Waals surface area contributed by atoms with Crippen LogP contribution in [0.1, 0.15) is 30.9 Å². The summed E-state index contributed by atoms with van der Waals surface area (Å²) in [7, 11) is 0. The van der Waals surface area contributed by atoms with Gasteiger partial charge in [0.25, 0.3) is 0 Å². The summed E-state index contributed by atoms with van der Waals surface area (Å²) < 4.78 is 41.2. The molecule has 0 saturated carbocycles. The maximum atomic E-state index is 12.2. The molecule has 2 N–H and O–H groups in total. The van der Waals surface area contributed by atoms with Crippen LogP contribution < -0.4 is 20.3 Å². The zero-order valence-corrected chi connectivity index (χ0v) is 20.5. The summed E-state index contributed by atoms with van der Waals surface area (Å²) in [5, 5.41) is 6.39. The van der Waals surface area contributed by atoms with Crippen LogP contribution >= 0.6 is 24.0 Å². The van der Waals surface area contributed by atoms with Crippen molar-refractivity contribution in [2.75, 3.05) is 24.6 Å². The van der Waals surface area contributed by atoms with Crippen molar-refractivity contribution in [3.05, 3.63) is 53.7 Å². The standard InChI is InChI=1S/C22H26F3N5O2.HI/c1-2-26-21(29-14-17-7-10-19(27-13-17)32-15-22(23,24)25)28-12-16-5-8-18(9-6-16)30-11-3-4-20(30)31;/h5-10,13H,2-4,11-12,14-15H2,1H3,(H2,26,28,29);1H. The Kier molecular flexibility index (Phi) is 10.2. The molecule has 1 amide bonds. The van der Waals surface area contributed by atoms with Crippen molar-refractivity contribution in [3.8, 4) is 5.88 Å². The van der Waals surface area contributed by atoms with E-state index in [1.165, 1.54) is 12.3 Å². The maximum absolute atomic E-state index is 12.2. The first kappa shape index (κ1) is 26.7. The number of hydrogen-bond donors (Lipinski definition) is 2. The van der Waals surface area contributed by atoms with E-state index in [1.807, 2.05) is 31.2 Å². The number of guanidine groups is 1. The van der Waals surface area contributed by atoms with Crippen molar-refractivity contribution in [2.24, 2.45) is 4.99 Å². The first-order valence-electron chi connectivity index (χ1n) is 10.4. The molecular weight excluding hydrogens is 550 g/mol. The zero-order chi connectivity index (χ0) is 23.0. The number of benzene rings is 1. The SMILES string of the molecule is CCNC(=NCc1ccc(OCC(F)(F)F)nc1)NCc1ccc(N2CCCC2=O)cc1.I. The summed E-state index contributed by atoms with van der Waals surface area (Å²) >= 11 is 0. The summed E-state index contributed by atoms with van der Waals surface area (Å²) in [5.74, 6) is 0.676. The fraction of sp³-hybridized carbons (Fsp3) is 0.409. The van der Waals surface area contributed by atoms with Crippen LogP contribution in [0, 0.1) is 0 Å². The van der Waals surface area contributed by atoms with E-state index in [0.29, 0.717) is 32.0 Å². The lowest BCUT2D eigenvalue weighted by atomic mass is 10.2. The number of rotatable bonds is 8. The first-order chi connectivity index (χ1) is 15.3. The van der Waals surface area contributed by atoms with Gasteiger partial charge < -0.3 is 20.3 Å². The average Bonchev–Trinajstić information content (AvgIpc) is 3.20. The van der Waals surface area contributed by atoms with E-state index in [0.717, 1.165) is 29.8 Å². The first-order valence-corrected chi connectivity index (χ1v) is 10.4. The van der Waals surface area contributed by atoms with Crippen LogP contribution in [0.25, 0.3) is 0 Å². The number of halogens is 4. The molecule has 1 saturated heterocycles. The van der Waals surface area contributed by atoms with Crippen molar-refractivity contribution in [2.45, 2.75) is 39.0 Å². The minimum Gasteiger partial charge on any atom is -0.468 e. The highest BCUT2D eigenvalue weighted by molar-refractivity contribution is 14.0. The smallest absolute Gasteiger partial charge is 0.422 e. The third kappa shape index (κ3) is 8.71. The largest absolute Gasteiger partial charge is 0.468 e. The van der Waals surface area contributed by atoms with Crippen molar-refractivity contribution in [1.82, 2.24) is 15.6 Å². The van der Waals surface area contributed by atoms with E-state index >= 15 is 0 Å². The molecular formula is C22H27F3IN5O2. The Hall–Kier alpha value is -2.57. The van der Waals surface area contributed by atoms with Gasteiger partial charge in [-0.05, 0) is 36.6 Å². The fourth-order valence-electron chi connectivity index (χ4n) is 3.16. The summed E-state index contributed by atoms with van der Waals surface area (Å²) in [6, 6.07) is 10.9. The van der Waals surface area contributed by atoms with Crippen molar-refractivity contribution in [1.29, 1.82) is 0 Å². The summed E-state index contributed by atoms with van der Waals surface area (Å²) in [6.45, 7) is 2.86. The number of anilines is 1. The highest BCUT2D eigenvalue weighted by Gasteiger charge is 2.28. The number of hydrogen-bond acceptors (Lipinski definition) is 4. The molecule has 0 aliphatic carbocycles. The number of carbonyl (C=O) groups excluding carboxylic acids is 1. The Morgan fingerprint density at radius 2 is 1.88 bits per heavy atom. The lowest BCUT2D eigenvalue weighted by Gasteiger charge is -2.16. The molecule has 0 bridgehead atoms. The molecule has 1 aromatic heterocycles. The predicted octanol–water partition coefficient (Wildman–Crippen LogP) is 4.02. The number of aromatic nitrogens is 1. The van der Waals surface area contributed by atoms with Gasteiger partial charge in [-0.25, -0.2) is 9.98 Å². The molecule has 0 unspecified atom stereocenters. The average molecular weight is 577 g/mol. The number of pyridine rings is 1. The van der Waals surface area contributed by atoms with E-state index in [9.17, 15) is 18.0 Å². The van der Waals surface area contributed by atoms with Gasteiger partial charge in [-0.2, -0.15) is 13.2 Å². The van der Waals surface area contributed by atoms with Gasteiger partial charge in [0.1, 0.15) is 0 Å². The summed E-state index contributed by atoms with van der Waals surface area (Å²) in [6.07, 6.45) is -1.46. The lowest BCUT2D eigenvalue weighted by molar-refractivity contribution is -0.154. The molecule has 1 aliphatic rings. The highest BCUT2D eigenvalue weighted by atomic mass is 127. The molecule has 0 atom stereocenters.